The number of carbonyl (C=O) groups excluding carboxylic acids is 1. The van der Waals surface area contributed by atoms with Crippen molar-refractivity contribution in [2.75, 3.05) is 11.4 Å². The predicted octanol–water partition coefficient (Wildman–Crippen LogP) is 2.49. The molecule has 0 radical (unpaired) electrons. The molecule has 0 fully saturated rings. The number of para-hydroxylation sites is 2. The summed E-state index contributed by atoms with van der Waals surface area (Å²) in [5.41, 5.74) is 2.09. The van der Waals surface area contributed by atoms with E-state index in [2.05, 4.69) is 0 Å². The quantitative estimate of drug-likeness (QED) is 0.924. The molecule has 0 aliphatic carbocycles. The molecule has 1 atom stereocenters. The van der Waals surface area contributed by atoms with Crippen molar-refractivity contribution in [3.8, 4) is 5.75 Å². The van der Waals surface area contributed by atoms with E-state index in [1.807, 2.05) is 19.1 Å². The highest BCUT2D eigenvalue weighted by Gasteiger charge is 2.33. The lowest BCUT2D eigenvalue weighted by molar-refractivity contribution is -0.144. The first-order valence-corrected chi connectivity index (χ1v) is 6.93. The minimum Gasteiger partial charge on any atom is -0.478 e. The minimum absolute atomic E-state index is 0.0148. The lowest BCUT2D eigenvalue weighted by Crippen LogP contribution is -2.47. The molecule has 2 aromatic carbocycles. The van der Waals surface area contributed by atoms with Crippen LogP contribution in [-0.2, 0) is 4.79 Å². The lowest BCUT2D eigenvalue weighted by Gasteiger charge is -2.33. The largest absolute Gasteiger partial charge is 0.478 e. The molecule has 1 heterocycles. The molecule has 1 unspecified atom stereocenters. The number of carbonyl (C=O) groups is 2. The molecule has 0 saturated heterocycles. The summed E-state index contributed by atoms with van der Waals surface area (Å²) in [5.74, 6) is -0.913. The smallest absolute Gasteiger partial charge is 0.346 e. The van der Waals surface area contributed by atoms with Crippen LogP contribution in [0.15, 0.2) is 48.5 Å². The van der Waals surface area contributed by atoms with Crippen molar-refractivity contribution >= 4 is 17.6 Å². The van der Waals surface area contributed by atoms with Crippen molar-refractivity contribution in [1.29, 1.82) is 0 Å². The third-order valence-corrected chi connectivity index (χ3v) is 3.56. The Morgan fingerprint density at radius 2 is 1.95 bits per heavy atom. The Kier molecular flexibility index (Phi) is 3.55. The summed E-state index contributed by atoms with van der Waals surface area (Å²) < 4.78 is 5.44. The Balaban J connectivity index is 2.01. The zero-order valence-electron chi connectivity index (χ0n) is 12.0. The lowest BCUT2D eigenvalue weighted by atomic mass is 10.1. The highest BCUT2D eigenvalue weighted by Crippen LogP contribution is 2.34. The maximum absolute atomic E-state index is 12.8. The molecule has 5 heteroatoms. The molecular weight excluding hydrogens is 282 g/mol. The highest BCUT2D eigenvalue weighted by atomic mass is 16.5. The van der Waals surface area contributed by atoms with Crippen LogP contribution in [0.2, 0.25) is 0 Å². The number of nitrogens with zero attached hydrogens (tertiary/aromatic N) is 1. The maximum Gasteiger partial charge on any atom is 0.346 e. The van der Waals surface area contributed by atoms with E-state index in [9.17, 15) is 14.7 Å². The number of anilines is 1. The number of amides is 1. The number of aliphatic carboxylic acids is 1. The van der Waals surface area contributed by atoms with Crippen LogP contribution in [0.25, 0.3) is 0 Å². The molecule has 2 aromatic rings. The zero-order valence-corrected chi connectivity index (χ0v) is 12.0. The Labute approximate surface area is 127 Å². The van der Waals surface area contributed by atoms with E-state index in [1.165, 1.54) is 4.90 Å². The number of fused-ring (bicyclic) bond motifs is 1. The van der Waals surface area contributed by atoms with Gasteiger partial charge in [0, 0.05) is 5.56 Å². The summed E-state index contributed by atoms with van der Waals surface area (Å²) in [6.07, 6.45) is -1.07. The molecule has 22 heavy (non-hydrogen) atoms. The van der Waals surface area contributed by atoms with Crippen molar-refractivity contribution in [2.24, 2.45) is 0 Å². The van der Waals surface area contributed by atoms with Crippen LogP contribution >= 0.6 is 0 Å². The standard InChI is InChI=1S/C17H15NO4/c1-11-5-4-6-12(9-11)16(19)18-10-15(17(20)21)22-14-8-3-2-7-13(14)18/h2-9,15H,10H2,1H3,(H,20,21). The van der Waals surface area contributed by atoms with Crippen LogP contribution < -0.4 is 9.64 Å². The van der Waals surface area contributed by atoms with Gasteiger partial charge >= 0.3 is 5.97 Å². The molecule has 0 bridgehead atoms. The van der Waals surface area contributed by atoms with Gasteiger partial charge in [0.15, 0.2) is 0 Å². The van der Waals surface area contributed by atoms with Gasteiger partial charge in [-0.25, -0.2) is 4.79 Å². The van der Waals surface area contributed by atoms with Crippen LogP contribution in [0.5, 0.6) is 5.75 Å². The van der Waals surface area contributed by atoms with Gasteiger partial charge < -0.3 is 14.7 Å². The number of benzene rings is 2. The minimum atomic E-state index is -1.09. The Morgan fingerprint density at radius 1 is 1.18 bits per heavy atom. The summed E-state index contributed by atoms with van der Waals surface area (Å²) >= 11 is 0. The van der Waals surface area contributed by atoms with E-state index in [1.54, 1.807) is 36.4 Å². The first-order valence-electron chi connectivity index (χ1n) is 6.93. The molecule has 1 amide bonds. The number of hydrogen-bond donors (Lipinski definition) is 1. The maximum atomic E-state index is 12.8. The fourth-order valence-corrected chi connectivity index (χ4v) is 2.49. The van der Waals surface area contributed by atoms with Crippen molar-refractivity contribution < 1.29 is 19.4 Å². The van der Waals surface area contributed by atoms with Crippen LogP contribution in [-0.4, -0.2) is 29.6 Å². The molecular formula is C17H15NO4. The number of ether oxygens (including phenoxy) is 1. The van der Waals surface area contributed by atoms with Gasteiger partial charge in [0.25, 0.3) is 5.91 Å². The third-order valence-electron chi connectivity index (χ3n) is 3.56. The van der Waals surface area contributed by atoms with Crippen LogP contribution in [0, 0.1) is 6.92 Å². The van der Waals surface area contributed by atoms with E-state index < -0.39 is 12.1 Å². The summed E-state index contributed by atoms with van der Waals surface area (Å²) in [5, 5.41) is 9.22. The fourth-order valence-electron chi connectivity index (χ4n) is 2.49. The second-order valence-electron chi connectivity index (χ2n) is 5.20. The molecule has 3 rings (SSSR count). The zero-order chi connectivity index (χ0) is 15.7. The van der Waals surface area contributed by atoms with Crippen molar-refractivity contribution in [3.05, 3.63) is 59.7 Å². The molecule has 112 valence electrons. The Bertz CT molecular complexity index is 741. The average molecular weight is 297 g/mol. The van der Waals surface area contributed by atoms with Crippen molar-refractivity contribution in [3.63, 3.8) is 0 Å². The third kappa shape index (κ3) is 2.53. The average Bonchev–Trinajstić information content (AvgIpc) is 2.53. The van der Waals surface area contributed by atoms with Gasteiger partial charge in [-0.2, -0.15) is 0 Å². The summed E-state index contributed by atoms with van der Waals surface area (Å²) in [6, 6.07) is 14.2. The molecule has 0 spiro atoms. The Morgan fingerprint density at radius 3 is 2.68 bits per heavy atom. The van der Waals surface area contributed by atoms with E-state index in [0.29, 0.717) is 17.0 Å². The van der Waals surface area contributed by atoms with Crippen molar-refractivity contribution in [2.45, 2.75) is 13.0 Å². The van der Waals surface area contributed by atoms with Gasteiger partial charge in [-0.1, -0.05) is 29.8 Å². The first-order chi connectivity index (χ1) is 10.6. The van der Waals surface area contributed by atoms with Crippen LogP contribution in [0.1, 0.15) is 15.9 Å². The molecule has 5 nitrogen and oxygen atoms in total. The van der Waals surface area contributed by atoms with E-state index in [0.717, 1.165) is 5.56 Å². The van der Waals surface area contributed by atoms with Gasteiger partial charge in [-0.15, -0.1) is 0 Å². The number of carboxylic acids is 1. The number of hydrogen-bond acceptors (Lipinski definition) is 3. The van der Waals surface area contributed by atoms with Crippen molar-refractivity contribution in [1.82, 2.24) is 0 Å². The molecule has 1 aliphatic heterocycles. The second-order valence-corrected chi connectivity index (χ2v) is 5.20. The fraction of sp³-hybridized carbons (Fsp3) is 0.176. The summed E-state index contributed by atoms with van der Waals surface area (Å²) in [7, 11) is 0. The van der Waals surface area contributed by atoms with Gasteiger partial charge in [-0.05, 0) is 31.2 Å². The Hall–Kier alpha value is -2.82. The second kappa shape index (κ2) is 5.52. The van der Waals surface area contributed by atoms with Crippen LogP contribution in [0.3, 0.4) is 0 Å². The number of rotatable bonds is 2. The number of carboxylic acid groups (broad SMARTS) is 1. The monoisotopic (exact) mass is 297 g/mol. The van der Waals surface area contributed by atoms with E-state index >= 15 is 0 Å². The summed E-state index contributed by atoms with van der Waals surface area (Å²) in [6.45, 7) is 1.89. The topological polar surface area (TPSA) is 66.8 Å². The van der Waals surface area contributed by atoms with Gasteiger partial charge in [-0.3, -0.25) is 4.79 Å². The highest BCUT2D eigenvalue weighted by molar-refractivity contribution is 6.07. The van der Waals surface area contributed by atoms with Gasteiger partial charge in [0.1, 0.15) is 5.75 Å². The van der Waals surface area contributed by atoms with Gasteiger partial charge in [0.2, 0.25) is 6.10 Å². The SMILES string of the molecule is Cc1cccc(C(=O)N2CC(C(=O)O)Oc3ccccc32)c1. The number of aryl methyl sites for hydroxylation is 1. The molecule has 1 aliphatic rings. The van der Waals surface area contributed by atoms with Crippen LogP contribution in [0.4, 0.5) is 5.69 Å². The predicted molar refractivity (Wildman–Crippen MR) is 81.3 cm³/mol. The van der Waals surface area contributed by atoms with Gasteiger partial charge in [0.05, 0.1) is 12.2 Å². The van der Waals surface area contributed by atoms with E-state index in [4.69, 9.17) is 4.74 Å². The molecule has 0 aromatic heterocycles. The normalized spacial score (nSPS) is 16.6. The first kappa shape index (κ1) is 14.1. The molecule has 0 saturated carbocycles. The molecule has 1 N–H and O–H groups in total. The summed E-state index contributed by atoms with van der Waals surface area (Å²) in [4.78, 5) is 25.5. The van der Waals surface area contributed by atoms with E-state index in [-0.39, 0.29) is 12.5 Å².